The van der Waals surface area contributed by atoms with Gasteiger partial charge < -0.3 is 5.32 Å². The van der Waals surface area contributed by atoms with Gasteiger partial charge in [0.2, 0.25) is 16.0 Å². The van der Waals surface area contributed by atoms with Crippen molar-refractivity contribution >= 4 is 16.0 Å². The van der Waals surface area contributed by atoms with Gasteiger partial charge in [-0.2, -0.15) is 0 Å². The summed E-state index contributed by atoms with van der Waals surface area (Å²) in [6, 6.07) is -0.00723. The van der Waals surface area contributed by atoms with Crippen molar-refractivity contribution in [3.63, 3.8) is 0 Å². The number of nitrogens with zero attached hydrogens (tertiary/aromatic N) is 2. The number of aromatic nitrogens is 2. The van der Waals surface area contributed by atoms with Crippen LogP contribution in [0.25, 0.3) is 0 Å². The molecule has 1 aliphatic carbocycles. The van der Waals surface area contributed by atoms with Crippen molar-refractivity contribution in [3.05, 3.63) is 12.4 Å². The Labute approximate surface area is 126 Å². The standard InChI is InChI=1S/C14H24N4O2S/c1-4-15-13-16-9-12(10-17-13)21(19,20)18-11-6-5-7-14(2,3)8-11/h9-11,18H,4-8H2,1-3H3,(H,15,16,17). The molecule has 0 aromatic carbocycles. The Hall–Kier alpha value is -1.21. The van der Waals surface area contributed by atoms with Gasteiger partial charge in [0, 0.05) is 12.6 Å². The lowest BCUT2D eigenvalue weighted by Crippen LogP contribution is -2.40. The Morgan fingerprint density at radius 2 is 2.00 bits per heavy atom. The van der Waals surface area contributed by atoms with E-state index in [1.807, 2.05) is 6.92 Å². The zero-order valence-electron chi connectivity index (χ0n) is 12.9. The summed E-state index contributed by atoms with van der Waals surface area (Å²) < 4.78 is 27.5. The topological polar surface area (TPSA) is 84.0 Å². The molecule has 0 radical (unpaired) electrons. The molecule has 0 aliphatic heterocycles. The Bertz CT molecular complexity index is 569. The molecule has 7 heteroatoms. The Balaban J connectivity index is 2.07. The molecule has 6 nitrogen and oxygen atoms in total. The fraction of sp³-hybridized carbons (Fsp3) is 0.714. The predicted octanol–water partition coefficient (Wildman–Crippen LogP) is 2.16. The molecule has 1 aromatic heterocycles. The number of sulfonamides is 1. The van der Waals surface area contributed by atoms with Gasteiger partial charge in [-0.25, -0.2) is 23.1 Å². The molecule has 1 unspecified atom stereocenters. The van der Waals surface area contributed by atoms with Crippen LogP contribution in [0.5, 0.6) is 0 Å². The van der Waals surface area contributed by atoms with E-state index in [1.165, 1.54) is 12.4 Å². The van der Waals surface area contributed by atoms with Crippen LogP contribution in [0.2, 0.25) is 0 Å². The molecule has 0 amide bonds. The highest BCUT2D eigenvalue weighted by Gasteiger charge is 2.31. The maximum Gasteiger partial charge on any atom is 0.243 e. The van der Waals surface area contributed by atoms with Crippen LogP contribution in [0.4, 0.5) is 5.95 Å². The van der Waals surface area contributed by atoms with Crippen molar-refractivity contribution in [2.24, 2.45) is 5.41 Å². The molecule has 1 saturated carbocycles. The zero-order chi connectivity index (χ0) is 15.5. The third-order valence-corrected chi connectivity index (χ3v) is 5.28. The molecule has 1 heterocycles. The lowest BCUT2D eigenvalue weighted by Gasteiger charge is -2.35. The average Bonchev–Trinajstić information content (AvgIpc) is 2.38. The van der Waals surface area contributed by atoms with Crippen LogP contribution >= 0.6 is 0 Å². The van der Waals surface area contributed by atoms with Crippen LogP contribution in [0.3, 0.4) is 0 Å². The molecule has 1 atom stereocenters. The molecule has 2 rings (SSSR count). The van der Waals surface area contributed by atoms with Crippen molar-refractivity contribution in [1.29, 1.82) is 0 Å². The van der Waals surface area contributed by atoms with E-state index in [1.54, 1.807) is 0 Å². The summed E-state index contributed by atoms with van der Waals surface area (Å²) in [5, 5.41) is 2.94. The molecule has 1 fully saturated rings. The average molecular weight is 312 g/mol. The van der Waals surface area contributed by atoms with E-state index in [9.17, 15) is 8.42 Å². The Kier molecular flexibility index (Phi) is 4.83. The lowest BCUT2D eigenvalue weighted by molar-refractivity contribution is 0.212. The quantitative estimate of drug-likeness (QED) is 0.870. The van der Waals surface area contributed by atoms with Crippen LogP contribution in [0.15, 0.2) is 17.3 Å². The largest absolute Gasteiger partial charge is 0.355 e. The third-order valence-electron chi connectivity index (χ3n) is 3.80. The minimum Gasteiger partial charge on any atom is -0.355 e. The van der Waals surface area contributed by atoms with Gasteiger partial charge >= 0.3 is 0 Å². The first-order chi connectivity index (χ1) is 9.82. The fourth-order valence-electron chi connectivity index (χ4n) is 2.79. The smallest absolute Gasteiger partial charge is 0.243 e. The predicted molar refractivity (Wildman–Crippen MR) is 82.6 cm³/mol. The second-order valence-corrected chi connectivity index (χ2v) is 8.07. The van der Waals surface area contributed by atoms with Gasteiger partial charge in [0.05, 0.1) is 12.4 Å². The number of hydrogen-bond donors (Lipinski definition) is 2. The van der Waals surface area contributed by atoms with Gasteiger partial charge in [-0.05, 0) is 31.6 Å². The fourth-order valence-corrected chi connectivity index (χ4v) is 3.95. The minimum atomic E-state index is -3.54. The number of hydrogen-bond acceptors (Lipinski definition) is 5. The molecule has 1 aliphatic rings. The van der Waals surface area contributed by atoms with E-state index in [0.717, 1.165) is 25.7 Å². The van der Waals surface area contributed by atoms with E-state index < -0.39 is 10.0 Å². The van der Waals surface area contributed by atoms with Gasteiger partial charge in [0.25, 0.3) is 0 Å². The zero-order valence-corrected chi connectivity index (χ0v) is 13.7. The van der Waals surface area contributed by atoms with Gasteiger partial charge in [0.1, 0.15) is 4.90 Å². The maximum absolute atomic E-state index is 12.4. The van der Waals surface area contributed by atoms with Gasteiger partial charge in [-0.1, -0.05) is 20.3 Å². The molecule has 0 spiro atoms. The minimum absolute atomic E-state index is 0.00723. The van der Waals surface area contributed by atoms with Crippen LogP contribution in [-0.2, 0) is 10.0 Å². The molecule has 0 bridgehead atoms. The van der Waals surface area contributed by atoms with Crippen LogP contribution in [-0.4, -0.2) is 31.0 Å². The molecular weight excluding hydrogens is 288 g/mol. The second kappa shape index (κ2) is 6.27. The first kappa shape index (κ1) is 16.2. The highest BCUT2D eigenvalue weighted by atomic mass is 32.2. The monoisotopic (exact) mass is 312 g/mol. The van der Waals surface area contributed by atoms with Gasteiger partial charge in [-0.15, -0.1) is 0 Å². The Morgan fingerprint density at radius 3 is 2.57 bits per heavy atom. The number of anilines is 1. The highest BCUT2D eigenvalue weighted by molar-refractivity contribution is 7.89. The van der Waals surface area contributed by atoms with Crippen molar-refractivity contribution in [3.8, 4) is 0 Å². The van der Waals surface area contributed by atoms with Crippen LogP contribution in [0, 0.1) is 5.41 Å². The summed E-state index contributed by atoms with van der Waals surface area (Å²) in [7, 11) is -3.54. The third kappa shape index (κ3) is 4.38. The molecule has 21 heavy (non-hydrogen) atoms. The van der Waals surface area contributed by atoms with E-state index in [2.05, 4.69) is 33.9 Å². The summed E-state index contributed by atoms with van der Waals surface area (Å²) in [4.78, 5) is 8.15. The number of rotatable bonds is 5. The van der Waals surface area contributed by atoms with Crippen LogP contribution < -0.4 is 10.0 Å². The molecule has 118 valence electrons. The van der Waals surface area contributed by atoms with Crippen LogP contribution in [0.1, 0.15) is 46.5 Å². The summed E-state index contributed by atoms with van der Waals surface area (Å²) in [6.07, 6.45) is 6.64. The maximum atomic E-state index is 12.4. The summed E-state index contributed by atoms with van der Waals surface area (Å²) in [5.41, 5.74) is 0.191. The van der Waals surface area contributed by atoms with Crippen molar-refractivity contribution in [2.45, 2.75) is 57.4 Å². The SMILES string of the molecule is CCNc1ncc(S(=O)(=O)NC2CCCC(C)(C)C2)cn1. The first-order valence-electron chi connectivity index (χ1n) is 7.41. The van der Waals surface area contributed by atoms with E-state index in [4.69, 9.17) is 0 Å². The van der Waals surface area contributed by atoms with Gasteiger partial charge in [-0.3, -0.25) is 0 Å². The summed E-state index contributed by atoms with van der Waals surface area (Å²) in [6.45, 7) is 6.99. The van der Waals surface area contributed by atoms with E-state index in [0.29, 0.717) is 12.5 Å². The highest BCUT2D eigenvalue weighted by Crippen LogP contribution is 2.35. The molecule has 1 aromatic rings. The van der Waals surface area contributed by atoms with Crippen molar-refractivity contribution < 1.29 is 8.42 Å². The Morgan fingerprint density at radius 1 is 1.33 bits per heavy atom. The molecule has 0 saturated heterocycles. The number of nitrogens with one attached hydrogen (secondary N) is 2. The lowest BCUT2D eigenvalue weighted by atomic mass is 9.75. The molecular formula is C14H24N4O2S. The van der Waals surface area contributed by atoms with Gasteiger partial charge in [0.15, 0.2) is 0 Å². The first-order valence-corrected chi connectivity index (χ1v) is 8.89. The molecule has 2 N–H and O–H groups in total. The summed E-state index contributed by atoms with van der Waals surface area (Å²) in [5.74, 6) is 0.440. The summed E-state index contributed by atoms with van der Waals surface area (Å²) >= 11 is 0. The van der Waals surface area contributed by atoms with E-state index in [-0.39, 0.29) is 16.4 Å². The normalized spacial score (nSPS) is 22.0. The van der Waals surface area contributed by atoms with E-state index >= 15 is 0 Å². The van der Waals surface area contributed by atoms with Crippen molar-refractivity contribution in [2.75, 3.05) is 11.9 Å². The van der Waals surface area contributed by atoms with Crippen molar-refractivity contribution in [1.82, 2.24) is 14.7 Å². The second-order valence-electron chi connectivity index (χ2n) is 6.35.